The van der Waals surface area contributed by atoms with Gasteiger partial charge >= 0.3 is 0 Å². The van der Waals surface area contributed by atoms with E-state index in [0.29, 0.717) is 0 Å². The van der Waals surface area contributed by atoms with E-state index in [-0.39, 0.29) is 0 Å². The van der Waals surface area contributed by atoms with E-state index in [1.165, 1.54) is 70.6 Å². The first-order valence-electron chi connectivity index (χ1n) is 10.2. The Labute approximate surface area is 131 Å². The van der Waals surface area contributed by atoms with Crippen LogP contribution in [0.2, 0.25) is 0 Å². The maximum atomic E-state index is 3.15. The van der Waals surface area contributed by atoms with Gasteiger partial charge < -0.3 is 0 Å². The predicted molar refractivity (Wildman–Crippen MR) is 89.4 cm³/mol. The minimum atomic E-state index is 0.971. The lowest BCUT2D eigenvalue weighted by Gasteiger charge is -2.44. The zero-order valence-electron chi connectivity index (χ0n) is 13.9. The lowest BCUT2D eigenvalue weighted by Crippen LogP contribution is -2.49. The quantitative estimate of drug-likeness (QED) is 0.646. The summed E-state index contributed by atoms with van der Waals surface area (Å²) >= 11 is 0. The van der Waals surface area contributed by atoms with Crippen LogP contribution in [0.3, 0.4) is 0 Å². The molecule has 0 spiro atoms. The number of hydrogen-bond acceptors (Lipinski definition) is 1. The zero-order valence-corrected chi connectivity index (χ0v) is 13.9. The molecule has 4 aliphatic rings. The fourth-order valence-corrected chi connectivity index (χ4v) is 6.41. The topological polar surface area (TPSA) is 3.24 Å². The molecule has 1 heterocycles. The molecule has 0 aromatic rings. The summed E-state index contributed by atoms with van der Waals surface area (Å²) in [6.45, 7) is 0. The van der Waals surface area contributed by atoms with Crippen molar-refractivity contribution in [1.82, 2.24) is 4.90 Å². The Morgan fingerprint density at radius 1 is 0.476 bits per heavy atom. The third kappa shape index (κ3) is 2.92. The lowest BCUT2D eigenvalue weighted by atomic mass is 9.80. The molecular weight excluding hydrogens is 254 g/mol. The van der Waals surface area contributed by atoms with Crippen molar-refractivity contribution in [2.24, 2.45) is 11.8 Å². The molecule has 0 aromatic carbocycles. The zero-order chi connectivity index (χ0) is 14.1. The van der Waals surface area contributed by atoms with Crippen molar-refractivity contribution in [3.05, 3.63) is 0 Å². The van der Waals surface area contributed by atoms with Crippen LogP contribution in [0.1, 0.15) is 96.3 Å². The molecule has 1 nitrogen and oxygen atoms in total. The highest BCUT2D eigenvalue weighted by atomic mass is 15.3. The molecular formula is C20H35N. The Balaban J connectivity index is 1.53. The van der Waals surface area contributed by atoms with Crippen LogP contribution in [-0.4, -0.2) is 23.0 Å². The molecule has 0 bridgehead atoms. The van der Waals surface area contributed by atoms with E-state index >= 15 is 0 Å². The van der Waals surface area contributed by atoms with Crippen molar-refractivity contribution >= 4 is 0 Å². The summed E-state index contributed by atoms with van der Waals surface area (Å²) < 4.78 is 0. The van der Waals surface area contributed by atoms with Crippen LogP contribution in [0, 0.1) is 11.8 Å². The van der Waals surface area contributed by atoms with Gasteiger partial charge in [-0.05, 0) is 56.8 Å². The second-order valence-electron chi connectivity index (χ2n) is 8.55. The highest BCUT2D eigenvalue weighted by Crippen LogP contribution is 2.47. The van der Waals surface area contributed by atoms with Crippen molar-refractivity contribution in [1.29, 1.82) is 0 Å². The molecule has 21 heavy (non-hydrogen) atoms. The Morgan fingerprint density at radius 3 is 1.81 bits per heavy atom. The largest absolute Gasteiger partial charge is 0.294 e. The molecule has 4 rings (SSSR count). The predicted octanol–water partition coefficient (Wildman–Crippen LogP) is 5.53. The fourth-order valence-electron chi connectivity index (χ4n) is 6.41. The molecule has 1 heteroatoms. The summed E-state index contributed by atoms with van der Waals surface area (Å²) in [5.74, 6) is 2.14. The van der Waals surface area contributed by atoms with Crippen molar-refractivity contribution in [3.8, 4) is 0 Å². The summed E-state index contributed by atoms with van der Waals surface area (Å²) in [7, 11) is 0. The van der Waals surface area contributed by atoms with Crippen LogP contribution < -0.4 is 0 Å². The highest BCUT2D eigenvalue weighted by molar-refractivity contribution is 5.01. The van der Waals surface area contributed by atoms with E-state index in [9.17, 15) is 0 Å². The van der Waals surface area contributed by atoms with Gasteiger partial charge in [-0.3, -0.25) is 4.90 Å². The monoisotopic (exact) mass is 289 g/mol. The van der Waals surface area contributed by atoms with E-state index < -0.39 is 0 Å². The number of hydrogen-bond donors (Lipinski definition) is 0. The van der Waals surface area contributed by atoms with Crippen LogP contribution in [0.5, 0.6) is 0 Å². The molecule has 0 amide bonds. The third-order valence-electron chi connectivity index (χ3n) is 7.37. The molecule has 0 aromatic heterocycles. The first-order valence-corrected chi connectivity index (χ1v) is 10.2. The molecule has 120 valence electrons. The third-order valence-corrected chi connectivity index (χ3v) is 7.37. The van der Waals surface area contributed by atoms with Crippen LogP contribution in [0.15, 0.2) is 0 Å². The van der Waals surface area contributed by atoms with E-state index in [2.05, 4.69) is 4.90 Å². The molecule has 3 aliphatic carbocycles. The Kier molecular flexibility index (Phi) is 4.57. The Bertz CT molecular complexity index is 327. The SMILES string of the molecule is C1CCC(C2CC3CCCCC3N2C2CCCCC2)CC1. The summed E-state index contributed by atoms with van der Waals surface area (Å²) in [6, 6.07) is 2.95. The van der Waals surface area contributed by atoms with Gasteiger partial charge in [-0.15, -0.1) is 0 Å². The van der Waals surface area contributed by atoms with Crippen molar-refractivity contribution in [3.63, 3.8) is 0 Å². The van der Waals surface area contributed by atoms with Gasteiger partial charge in [-0.25, -0.2) is 0 Å². The molecule has 0 radical (unpaired) electrons. The molecule has 3 atom stereocenters. The lowest BCUT2D eigenvalue weighted by molar-refractivity contribution is 0.0450. The average molecular weight is 290 g/mol. The van der Waals surface area contributed by atoms with E-state index in [0.717, 1.165) is 30.0 Å². The first-order chi connectivity index (χ1) is 10.4. The van der Waals surface area contributed by atoms with Crippen LogP contribution in [0.25, 0.3) is 0 Å². The second-order valence-corrected chi connectivity index (χ2v) is 8.55. The number of likely N-dealkylation sites (tertiary alicyclic amines) is 1. The summed E-state index contributed by atoms with van der Waals surface area (Å²) in [5.41, 5.74) is 0. The van der Waals surface area contributed by atoms with Crippen molar-refractivity contribution < 1.29 is 0 Å². The van der Waals surface area contributed by atoms with E-state index in [1.54, 1.807) is 25.7 Å². The van der Waals surface area contributed by atoms with Gasteiger partial charge in [-0.2, -0.15) is 0 Å². The Morgan fingerprint density at radius 2 is 1.05 bits per heavy atom. The fraction of sp³-hybridized carbons (Fsp3) is 1.00. The van der Waals surface area contributed by atoms with Crippen molar-refractivity contribution in [2.75, 3.05) is 0 Å². The summed E-state index contributed by atoms with van der Waals surface area (Å²) in [4.78, 5) is 3.15. The standard InChI is InChI=1S/C20H35N/c1-3-9-16(10-4-1)20-15-17-11-7-8-14-19(17)21(20)18-12-5-2-6-13-18/h16-20H,1-15H2. The van der Waals surface area contributed by atoms with E-state index in [1.807, 2.05) is 0 Å². The summed E-state index contributed by atoms with van der Waals surface area (Å²) in [5, 5.41) is 0. The smallest absolute Gasteiger partial charge is 0.0133 e. The molecule has 3 saturated carbocycles. The van der Waals surface area contributed by atoms with Gasteiger partial charge in [0.25, 0.3) is 0 Å². The average Bonchev–Trinajstić information content (AvgIpc) is 2.96. The Hall–Kier alpha value is -0.0400. The van der Waals surface area contributed by atoms with Crippen LogP contribution in [-0.2, 0) is 0 Å². The van der Waals surface area contributed by atoms with E-state index in [4.69, 9.17) is 0 Å². The molecule has 3 unspecified atom stereocenters. The van der Waals surface area contributed by atoms with Crippen LogP contribution >= 0.6 is 0 Å². The van der Waals surface area contributed by atoms with Gasteiger partial charge in [0, 0.05) is 18.1 Å². The van der Waals surface area contributed by atoms with Gasteiger partial charge in [-0.1, -0.05) is 51.4 Å². The van der Waals surface area contributed by atoms with Crippen LogP contribution in [0.4, 0.5) is 0 Å². The highest BCUT2D eigenvalue weighted by Gasteiger charge is 2.47. The van der Waals surface area contributed by atoms with Gasteiger partial charge in [0.2, 0.25) is 0 Å². The normalized spacial score (nSPS) is 40.3. The molecule has 4 fully saturated rings. The minimum Gasteiger partial charge on any atom is -0.294 e. The number of nitrogens with zero attached hydrogens (tertiary/aromatic N) is 1. The minimum absolute atomic E-state index is 0.971. The molecule has 1 aliphatic heterocycles. The maximum absolute atomic E-state index is 3.15. The maximum Gasteiger partial charge on any atom is 0.0133 e. The van der Waals surface area contributed by atoms with Gasteiger partial charge in [0.15, 0.2) is 0 Å². The second kappa shape index (κ2) is 6.60. The van der Waals surface area contributed by atoms with Gasteiger partial charge in [0.1, 0.15) is 0 Å². The summed E-state index contributed by atoms with van der Waals surface area (Å²) in [6.07, 6.45) is 22.9. The molecule has 0 N–H and O–H groups in total. The first kappa shape index (κ1) is 14.5. The number of fused-ring (bicyclic) bond motifs is 1. The molecule has 1 saturated heterocycles. The number of rotatable bonds is 2. The van der Waals surface area contributed by atoms with Gasteiger partial charge in [0.05, 0.1) is 0 Å². The van der Waals surface area contributed by atoms with Crippen molar-refractivity contribution in [2.45, 2.75) is 114 Å².